The van der Waals surface area contributed by atoms with Gasteiger partial charge in [-0.2, -0.15) is 0 Å². The minimum absolute atomic E-state index is 0.141. The lowest BCUT2D eigenvalue weighted by molar-refractivity contribution is 0.126. The lowest BCUT2D eigenvalue weighted by Crippen LogP contribution is -2.18. The van der Waals surface area contributed by atoms with Crippen LogP contribution in [-0.4, -0.2) is 37.9 Å². The predicted molar refractivity (Wildman–Crippen MR) is 79.3 cm³/mol. The van der Waals surface area contributed by atoms with Crippen LogP contribution in [0.5, 0.6) is 17.2 Å². The zero-order valence-corrected chi connectivity index (χ0v) is 12.2. The molecule has 0 saturated heterocycles. The number of methoxy groups -OCH3 is 2. The van der Waals surface area contributed by atoms with Crippen molar-refractivity contribution in [2.45, 2.75) is 6.10 Å². The molecular formula is C15H17ClO4. The molecule has 0 saturated carbocycles. The second-order valence-corrected chi connectivity index (χ2v) is 4.61. The van der Waals surface area contributed by atoms with Crippen molar-refractivity contribution in [1.29, 1.82) is 0 Å². The van der Waals surface area contributed by atoms with E-state index in [1.54, 1.807) is 14.2 Å². The van der Waals surface area contributed by atoms with E-state index in [-0.39, 0.29) is 12.5 Å². The van der Waals surface area contributed by atoms with Crippen LogP contribution < -0.4 is 14.2 Å². The van der Waals surface area contributed by atoms with Crippen molar-refractivity contribution in [3.05, 3.63) is 30.3 Å². The number of benzene rings is 2. The maximum atomic E-state index is 9.47. The van der Waals surface area contributed by atoms with E-state index in [9.17, 15) is 5.11 Å². The van der Waals surface area contributed by atoms with E-state index in [1.807, 2.05) is 30.3 Å². The summed E-state index contributed by atoms with van der Waals surface area (Å²) in [5.74, 6) is 2.11. The van der Waals surface area contributed by atoms with Crippen LogP contribution >= 0.6 is 11.6 Å². The summed E-state index contributed by atoms with van der Waals surface area (Å²) in [4.78, 5) is 0. The van der Waals surface area contributed by atoms with Crippen LogP contribution in [0.3, 0.4) is 0 Å². The fourth-order valence-electron chi connectivity index (χ4n) is 1.93. The number of fused-ring (bicyclic) bond motifs is 1. The largest absolute Gasteiger partial charge is 0.493 e. The van der Waals surface area contributed by atoms with Gasteiger partial charge in [-0.3, -0.25) is 0 Å². The topological polar surface area (TPSA) is 47.9 Å². The number of ether oxygens (including phenoxy) is 3. The highest BCUT2D eigenvalue weighted by atomic mass is 35.5. The molecule has 1 N–H and O–H groups in total. The van der Waals surface area contributed by atoms with Gasteiger partial charge in [0.2, 0.25) is 0 Å². The third-order valence-corrected chi connectivity index (χ3v) is 3.31. The molecule has 2 aromatic carbocycles. The normalized spacial score (nSPS) is 12.2. The van der Waals surface area contributed by atoms with Gasteiger partial charge in [0.15, 0.2) is 11.5 Å². The smallest absolute Gasteiger partial charge is 0.161 e. The van der Waals surface area contributed by atoms with Gasteiger partial charge in [-0.15, -0.1) is 11.6 Å². The molecule has 0 amide bonds. The van der Waals surface area contributed by atoms with E-state index in [2.05, 4.69) is 0 Å². The molecule has 0 aromatic heterocycles. The van der Waals surface area contributed by atoms with E-state index in [4.69, 9.17) is 25.8 Å². The first kappa shape index (κ1) is 14.8. The minimum Gasteiger partial charge on any atom is -0.493 e. The molecule has 5 heteroatoms. The number of hydrogen-bond donors (Lipinski definition) is 1. The summed E-state index contributed by atoms with van der Waals surface area (Å²) in [6.07, 6.45) is -0.688. The molecule has 20 heavy (non-hydrogen) atoms. The maximum absolute atomic E-state index is 9.47. The molecule has 0 aliphatic rings. The molecule has 2 aromatic rings. The fraction of sp³-hybridized carbons (Fsp3) is 0.333. The van der Waals surface area contributed by atoms with Crippen LogP contribution in [-0.2, 0) is 0 Å². The van der Waals surface area contributed by atoms with Gasteiger partial charge >= 0.3 is 0 Å². The van der Waals surface area contributed by atoms with Crippen molar-refractivity contribution in [3.8, 4) is 17.2 Å². The summed E-state index contributed by atoms with van der Waals surface area (Å²) in [7, 11) is 3.19. The number of rotatable bonds is 6. The summed E-state index contributed by atoms with van der Waals surface area (Å²) in [5.41, 5.74) is 0. The molecule has 0 spiro atoms. The SMILES string of the molecule is COc1cc2cccc(OCC(O)CCl)c2cc1OC. The van der Waals surface area contributed by atoms with Crippen molar-refractivity contribution in [3.63, 3.8) is 0 Å². The van der Waals surface area contributed by atoms with E-state index in [0.29, 0.717) is 17.2 Å². The number of hydrogen-bond acceptors (Lipinski definition) is 4. The first-order valence-electron chi connectivity index (χ1n) is 6.21. The van der Waals surface area contributed by atoms with Crippen molar-refractivity contribution < 1.29 is 19.3 Å². The Bertz CT molecular complexity index is 585. The third-order valence-electron chi connectivity index (χ3n) is 2.95. The minimum atomic E-state index is -0.688. The monoisotopic (exact) mass is 296 g/mol. The zero-order valence-electron chi connectivity index (χ0n) is 11.4. The van der Waals surface area contributed by atoms with Crippen molar-refractivity contribution >= 4 is 22.4 Å². The van der Waals surface area contributed by atoms with Gasteiger partial charge in [0.1, 0.15) is 18.5 Å². The maximum Gasteiger partial charge on any atom is 0.161 e. The van der Waals surface area contributed by atoms with Crippen LogP contribution in [0.1, 0.15) is 0 Å². The van der Waals surface area contributed by atoms with Crippen LogP contribution in [0.2, 0.25) is 0 Å². The average molecular weight is 297 g/mol. The van der Waals surface area contributed by atoms with E-state index in [0.717, 1.165) is 10.8 Å². The van der Waals surface area contributed by atoms with Crippen molar-refractivity contribution in [2.75, 3.05) is 26.7 Å². The molecule has 1 unspecified atom stereocenters. The second-order valence-electron chi connectivity index (χ2n) is 4.30. The van der Waals surface area contributed by atoms with Crippen molar-refractivity contribution in [2.24, 2.45) is 0 Å². The number of alkyl halides is 1. The summed E-state index contributed by atoms with van der Waals surface area (Å²) in [5, 5.41) is 11.3. The number of halogens is 1. The Morgan fingerprint density at radius 2 is 1.80 bits per heavy atom. The van der Waals surface area contributed by atoms with Crippen LogP contribution in [0.25, 0.3) is 10.8 Å². The fourth-order valence-corrected chi connectivity index (χ4v) is 2.02. The van der Waals surface area contributed by atoms with E-state index >= 15 is 0 Å². The number of aliphatic hydroxyl groups is 1. The highest BCUT2D eigenvalue weighted by Gasteiger charge is 2.10. The Morgan fingerprint density at radius 1 is 1.10 bits per heavy atom. The Hall–Kier alpha value is -1.65. The zero-order chi connectivity index (χ0) is 14.5. The standard InChI is InChI=1S/C15H17ClO4/c1-18-14-6-10-4-3-5-13(20-9-11(17)8-16)12(10)7-15(14)19-2/h3-7,11,17H,8-9H2,1-2H3. The molecule has 2 rings (SSSR count). The van der Waals surface area contributed by atoms with Crippen LogP contribution in [0, 0.1) is 0 Å². The highest BCUT2D eigenvalue weighted by molar-refractivity contribution is 6.18. The predicted octanol–water partition coefficient (Wildman–Crippen LogP) is 2.84. The Balaban J connectivity index is 2.40. The van der Waals surface area contributed by atoms with Gasteiger partial charge in [0, 0.05) is 5.39 Å². The van der Waals surface area contributed by atoms with Gasteiger partial charge in [-0.05, 0) is 23.6 Å². The highest BCUT2D eigenvalue weighted by Crippen LogP contribution is 2.36. The number of aliphatic hydroxyl groups excluding tert-OH is 1. The van der Waals surface area contributed by atoms with Gasteiger partial charge in [-0.25, -0.2) is 0 Å². The lowest BCUT2D eigenvalue weighted by atomic mass is 10.1. The second kappa shape index (κ2) is 6.68. The third kappa shape index (κ3) is 3.08. The Labute approximate surface area is 122 Å². The van der Waals surface area contributed by atoms with E-state index < -0.39 is 6.10 Å². The molecule has 1 atom stereocenters. The average Bonchev–Trinajstić information content (AvgIpc) is 2.50. The molecule has 0 aliphatic carbocycles. The van der Waals surface area contributed by atoms with Gasteiger partial charge < -0.3 is 19.3 Å². The van der Waals surface area contributed by atoms with Crippen LogP contribution in [0.4, 0.5) is 0 Å². The van der Waals surface area contributed by atoms with E-state index in [1.165, 1.54) is 0 Å². The Morgan fingerprint density at radius 3 is 2.45 bits per heavy atom. The molecule has 4 nitrogen and oxygen atoms in total. The molecular weight excluding hydrogens is 280 g/mol. The quantitative estimate of drug-likeness (QED) is 0.833. The first-order chi connectivity index (χ1) is 9.69. The molecule has 0 heterocycles. The molecule has 108 valence electrons. The van der Waals surface area contributed by atoms with Gasteiger partial charge in [-0.1, -0.05) is 12.1 Å². The summed E-state index contributed by atoms with van der Waals surface area (Å²) >= 11 is 5.56. The molecule has 0 radical (unpaired) electrons. The molecule has 0 bridgehead atoms. The van der Waals surface area contributed by atoms with Gasteiger partial charge in [0.25, 0.3) is 0 Å². The van der Waals surface area contributed by atoms with Crippen molar-refractivity contribution in [1.82, 2.24) is 0 Å². The first-order valence-corrected chi connectivity index (χ1v) is 6.74. The summed E-state index contributed by atoms with van der Waals surface area (Å²) in [6.45, 7) is 0.150. The molecule has 0 fully saturated rings. The summed E-state index contributed by atoms with van der Waals surface area (Å²) in [6, 6.07) is 9.43. The van der Waals surface area contributed by atoms with Crippen LogP contribution in [0.15, 0.2) is 30.3 Å². The van der Waals surface area contributed by atoms with Gasteiger partial charge in [0.05, 0.1) is 20.1 Å². The Kier molecular flexibility index (Phi) is 4.93. The summed E-state index contributed by atoms with van der Waals surface area (Å²) < 4.78 is 16.2. The lowest BCUT2D eigenvalue weighted by Gasteiger charge is -2.14. The molecule has 0 aliphatic heterocycles.